The van der Waals surface area contributed by atoms with Crippen LogP contribution in [0.25, 0.3) is 0 Å². The highest BCUT2D eigenvalue weighted by molar-refractivity contribution is 7.89. The molecule has 2 saturated heterocycles. The summed E-state index contributed by atoms with van der Waals surface area (Å²) < 4.78 is 28.4. The predicted octanol–water partition coefficient (Wildman–Crippen LogP) is 1.49. The molecule has 2 aliphatic heterocycles. The minimum atomic E-state index is -3.60. The summed E-state index contributed by atoms with van der Waals surface area (Å²) in [5.41, 5.74) is 0.415. The molecule has 2 aliphatic rings. The highest BCUT2D eigenvalue weighted by Crippen LogP contribution is 2.45. The molecule has 0 aliphatic carbocycles. The smallest absolute Gasteiger partial charge is 0.243 e. The van der Waals surface area contributed by atoms with Gasteiger partial charge in [0.1, 0.15) is 5.82 Å². The number of benzene rings is 1. The Labute approximate surface area is 171 Å². The maximum absolute atomic E-state index is 13.4. The number of aromatic nitrogens is 3. The number of nitrogens with zero attached hydrogens (tertiary/aromatic N) is 4. The molecule has 29 heavy (non-hydrogen) atoms. The number of sulfonamides is 1. The van der Waals surface area contributed by atoms with Gasteiger partial charge in [-0.25, -0.2) is 13.4 Å². The third-order valence-electron chi connectivity index (χ3n) is 6.39. The van der Waals surface area contributed by atoms with Crippen molar-refractivity contribution in [2.75, 3.05) is 26.2 Å². The number of rotatable bonds is 4. The number of carbonyl (C=O) groups is 1. The number of H-pyrrole nitrogens is 1. The topological polar surface area (TPSA) is 99.3 Å². The molecule has 1 N–H and O–H groups in total. The van der Waals surface area contributed by atoms with Crippen LogP contribution in [-0.2, 0) is 26.7 Å². The zero-order valence-electron chi connectivity index (χ0n) is 17.1. The molecular formula is C20H27N5O3S. The Balaban J connectivity index is 1.68. The van der Waals surface area contributed by atoms with Gasteiger partial charge in [0.25, 0.3) is 0 Å². The zero-order chi connectivity index (χ0) is 20.8. The molecule has 0 spiro atoms. The van der Waals surface area contributed by atoms with Gasteiger partial charge in [-0.3, -0.25) is 9.89 Å². The van der Waals surface area contributed by atoms with Gasteiger partial charge in [0.2, 0.25) is 15.9 Å². The monoisotopic (exact) mass is 417 g/mol. The Morgan fingerprint density at radius 2 is 2.07 bits per heavy atom. The van der Waals surface area contributed by atoms with Gasteiger partial charge in [-0.1, -0.05) is 25.1 Å². The molecule has 0 bridgehead atoms. The van der Waals surface area contributed by atoms with E-state index in [9.17, 15) is 13.2 Å². The van der Waals surface area contributed by atoms with Crippen LogP contribution in [0.5, 0.6) is 0 Å². The summed E-state index contributed by atoms with van der Waals surface area (Å²) in [6.07, 6.45) is 1.25. The van der Waals surface area contributed by atoms with Crippen molar-refractivity contribution in [3.05, 3.63) is 41.5 Å². The zero-order valence-corrected chi connectivity index (χ0v) is 17.9. The molecule has 3 heterocycles. The molecule has 156 valence electrons. The number of likely N-dealkylation sites (tertiary alicyclic amines) is 1. The van der Waals surface area contributed by atoms with Crippen LogP contribution in [-0.4, -0.2) is 64.9 Å². The van der Waals surface area contributed by atoms with E-state index >= 15 is 0 Å². The summed E-state index contributed by atoms with van der Waals surface area (Å²) in [5, 5.41) is 7.30. The lowest BCUT2D eigenvalue weighted by molar-refractivity contribution is -0.128. The van der Waals surface area contributed by atoms with Crippen molar-refractivity contribution in [2.45, 2.75) is 43.9 Å². The van der Waals surface area contributed by atoms with Crippen LogP contribution in [0, 0.1) is 12.8 Å². The van der Waals surface area contributed by atoms with Crippen molar-refractivity contribution in [2.24, 2.45) is 5.92 Å². The molecular weight excluding hydrogens is 390 g/mol. The Morgan fingerprint density at radius 1 is 1.31 bits per heavy atom. The van der Waals surface area contributed by atoms with Crippen LogP contribution >= 0.6 is 0 Å². The van der Waals surface area contributed by atoms with Gasteiger partial charge in [-0.05, 0) is 31.4 Å². The number of piperidine rings is 1. The highest BCUT2D eigenvalue weighted by Gasteiger charge is 2.55. The molecule has 4 rings (SSSR count). The SMILES string of the molecule is CCc1ccccc1S(=O)(=O)N1CC[C@@]2(c3n[nH]c(C)n3)CN(C(C)=O)C[C@H]2C1. The van der Waals surface area contributed by atoms with Crippen LogP contribution in [0.3, 0.4) is 0 Å². The van der Waals surface area contributed by atoms with Gasteiger partial charge in [0.15, 0.2) is 5.82 Å². The van der Waals surface area contributed by atoms with Crippen molar-refractivity contribution in [3.8, 4) is 0 Å². The number of amides is 1. The van der Waals surface area contributed by atoms with Crippen LogP contribution in [0.15, 0.2) is 29.2 Å². The first-order valence-electron chi connectivity index (χ1n) is 10.0. The third kappa shape index (κ3) is 3.26. The fourth-order valence-corrected chi connectivity index (χ4v) is 6.51. The van der Waals surface area contributed by atoms with E-state index in [4.69, 9.17) is 0 Å². The molecule has 0 radical (unpaired) electrons. The highest BCUT2D eigenvalue weighted by atomic mass is 32.2. The van der Waals surface area contributed by atoms with Gasteiger partial charge in [-0.15, -0.1) is 0 Å². The van der Waals surface area contributed by atoms with E-state index in [2.05, 4.69) is 15.2 Å². The molecule has 2 aromatic rings. The number of carbonyl (C=O) groups excluding carboxylic acids is 1. The van der Waals surface area contributed by atoms with E-state index < -0.39 is 15.4 Å². The van der Waals surface area contributed by atoms with Crippen molar-refractivity contribution in [1.82, 2.24) is 24.4 Å². The maximum atomic E-state index is 13.4. The van der Waals surface area contributed by atoms with Gasteiger partial charge in [-0.2, -0.15) is 9.40 Å². The number of fused-ring (bicyclic) bond motifs is 1. The second-order valence-electron chi connectivity index (χ2n) is 8.07. The first kappa shape index (κ1) is 20.0. The lowest BCUT2D eigenvalue weighted by atomic mass is 9.72. The third-order valence-corrected chi connectivity index (χ3v) is 8.35. The van der Waals surface area contributed by atoms with Gasteiger partial charge < -0.3 is 4.90 Å². The normalized spacial score (nSPS) is 25.2. The van der Waals surface area contributed by atoms with Crippen molar-refractivity contribution >= 4 is 15.9 Å². The van der Waals surface area contributed by atoms with E-state index in [1.54, 1.807) is 28.3 Å². The Morgan fingerprint density at radius 3 is 2.72 bits per heavy atom. The fourth-order valence-electron chi connectivity index (χ4n) is 4.73. The summed E-state index contributed by atoms with van der Waals surface area (Å²) in [6, 6.07) is 7.19. The Hall–Kier alpha value is -2.26. The molecule has 1 aromatic heterocycles. The van der Waals surface area contributed by atoms with Crippen molar-refractivity contribution in [3.63, 3.8) is 0 Å². The lowest BCUT2D eigenvalue weighted by Crippen LogP contribution is -2.51. The molecule has 2 fully saturated rings. The molecule has 0 saturated carbocycles. The first-order valence-corrected chi connectivity index (χ1v) is 11.4. The average Bonchev–Trinajstić information content (AvgIpc) is 3.31. The van der Waals surface area contributed by atoms with E-state index in [-0.39, 0.29) is 11.8 Å². The minimum Gasteiger partial charge on any atom is -0.342 e. The Bertz CT molecular complexity index is 1030. The van der Waals surface area contributed by atoms with Crippen LogP contribution < -0.4 is 0 Å². The molecule has 8 nitrogen and oxygen atoms in total. The summed E-state index contributed by atoms with van der Waals surface area (Å²) >= 11 is 0. The second kappa shape index (κ2) is 7.21. The Kier molecular flexibility index (Phi) is 4.98. The van der Waals surface area contributed by atoms with Gasteiger partial charge >= 0.3 is 0 Å². The summed E-state index contributed by atoms with van der Waals surface area (Å²) in [4.78, 5) is 18.8. The van der Waals surface area contributed by atoms with E-state index in [1.165, 1.54) is 0 Å². The molecule has 2 atom stereocenters. The summed E-state index contributed by atoms with van der Waals surface area (Å²) in [7, 11) is -3.60. The van der Waals surface area contributed by atoms with E-state index in [0.717, 1.165) is 11.4 Å². The molecule has 0 unspecified atom stereocenters. The van der Waals surface area contributed by atoms with Crippen LogP contribution in [0.4, 0.5) is 0 Å². The van der Waals surface area contributed by atoms with Crippen molar-refractivity contribution in [1.29, 1.82) is 0 Å². The number of nitrogens with one attached hydrogen (secondary N) is 1. The minimum absolute atomic E-state index is 0.00299. The predicted molar refractivity (Wildman–Crippen MR) is 108 cm³/mol. The lowest BCUT2D eigenvalue weighted by Gasteiger charge is -2.41. The van der Waals surface area contributed by atoms with E-state index in [0.29, 0.717) is 49.7 Å². The maximum Gasteiger partial charge on any atom is 0.243 e. The number of hydrogen-bond acceptors (Lipinski definition) is 5. The first-order chi connectivity index (χ1) is 13.8. The standard InChI is InChI=1S/C20H27N5O3S/c1-4-16-7-5-6-8-18(16)29(27,28)25-10-9-20(19-21-14(2)22-23-19)13-24(15(3)26)11-17(20)12-25/h5-8,17H,4,9-13H2,1-3H3,(H,21,22,23)/t17-,20+/m0/s1. The van der Waals surface area contributed by atoms with Crippen LogP contribution in [0.1, 0.15) is 37.5 Å². The molecule has 9 heteroatoms. The number of aryl methyl sites for hydroxylation is 2. The quantitative estimate of drug-likeness (QED) is 0.812. The van der Waals surface area contributed by atoms with Gasteiger partial charge in [0.05, 0.1) is 10.3 Å². The largest absolute Gasteiger partial charge is 0.342 e. The van der Waals surface area contributed by atoms with Crippen LogP contribution in [0.2, 0.25) is 0 Å². The van der Waals surface area contributed by atoms with Gasteiger partial charge in [0, 0.05) is 39.0 Å². The second-order valence-corrected chi connectivity index (χ2v) is 9.98. The average molecular weight is 418 g/mol. The number of hydrogen-bond donors (Lipinski definition) is 1. The summed E-state index contributed by atoms with van der Waals surface area (Å²) in [6.45, 7) is 7.16. The van der Waals surface area contributed by atoms with Crippen molar-refractivity contribution < 1.29 is 13.2 Å². The van der Waals surface area contributed by atoms with E-state index in [1.807, 2.05) is 26.0 Å². The summed E-state index contributed by atoms with van der Waals surface area (Å²) in [5.74, 6) is 1.37. The fraction of sp³-hybridized carbons (Fsp3) is 0.550. The number of aromatic amines is 1. The molecule has 1 aromatic carbocycles. The molecule has 1 amide bonds.